The molecule has 33 heavy (non-hydrogen) atoms. The lowest BCUT2D eigenvalue weighted by Crippen LogP contribution is -2.22. The summed E-state index contributed by atoms with van der Waals surface area (Å²) in [5.41, 5.74) is 0.865. The summed E-state index contributed by atoms with van der Waals surface area (Å²) in [6, 6.07) is 18.1. The highest BCUT2D eigenvalue weighted by Gasteiger charge is 2.19. The number of sulfonamides is 1. The van der Waals surface area contributed by atoms with Crippen molar-refractivity contribution in [1.82, 2.24) is 0 Å². The van der Waals surface area contributed by atoms with Gasteiger partial charge in [-0.15, -0.1) is 11.8 Å². The number of amides is 1. The quantitative estimate of drug-likeness (QED) is 0.384. The van der Waals surface area contributed by atoms with Crippen molar-refractivity contribution in [2.24, 2.45) is 0 Å². The van der Waals surface area contributed by atoms with E-state index in [-0.39, 0.29) is 10.8 Å². The molecule has 10 heteroatoms. The maximum atomic E-state index is 12.7. The Kier molecular flexibility index (Phi) is 8.12. The van der Waals surface area contributed by atoms with E-state index in [9.17, 15) is 13.2 Å². The summed E-state index contributed by atoms with van der Waals surface area (Å²) in [5, 5.41) is 2.73. The summed E-state index contributed by atoms with van der Waals surface area (Å²) in [7, 11) is -0.679. The topological polar surface area (TPSA) is 93.7 Å². The number of hydrogen-bond acceptors (Lipinski definition) is 6. The van der Waals surface area contributed by atoms with Gasteiger partial charge in [-0.3, -0.25) is 9.52 Å². The van der Waals surface area contributed by atoms with E-state index >= 15 is 0 Å². The Labute approximate surface area is 202 Å². The van der Waals surface area contributed by atoms with Gasteiger partial charge in [-0.25, -0.2) is 8.42 Å². The largest absolute Gasteiger partial charge is 0.495 e. The lowest BCUT2D eigenvalue weighted by atomic mass is 10.2. The first-order valence-corrected chi connectivity index (χ1v) is 12.5. The summed E-state index contributed by atoms with van der Waals surface area (Å²) in [4.78, 5) is 13.7. The number of carbonyl (C=O) groups excluding carboxylic acids is 1. The number of anilines is 2. The number of ether oxygens (including phenoxy) is 2. The third kappa shape index (κ3) is 6.34. The van der Waals surface area contributed by atoms with Crippen molar-refractivity contribution >= 4 is 50.7 Å². The fourth-order valence-corrected chi connectivity index (χ4v) is 5.05. The number of methoxy groups -OCH3 is 2. The lowest BCUT2D eigenvalue weighted by molar-refractivity contribution is -0.115. The molecule has 0 radical (unpaired) electrons. The first-order chi connectivity index (χ1) is 15.7. The number of nitrogens with one attached hydrogen (secondary N) is 2. The number of benzene rings is 3. The zero-order chi connectivity index (χ0) is 24.0. The Bertz CT molecular complexity index is 1220. The van der Waals surface area contributed by atoms with Crippen LogP contribution in [0.4, 0.5) is 11.4 Å². The zero-order valence-corrected chi connectivity index (χ0v) is 20.6. The minimum absolute atomic E-state index is 0.183. The summed E-state index contributed by atoms with van der Waals surface area (Å²) < 4.78 is 37.9. The van der Waals surface area contributed by atoms with Crippen LogP contribution in [0.25, 0.3) is 0 Å². The highest BCUT2D eigenvalue weighted by molar-refractivity contribution is 8.00. The second-order valence-corrected chi connectivity index (χ2v) is 10.4. The van der Waals surface area contributed by atoms with E-state index in [0.29, 0.717) is 27.9 Å². The second kappa shape index (κ2) is 10.8. The van der Waals surface area contributed by atoms with E-state index in [2.05, 4.69) is 10.0 Å². The number of rotatable bonds is 9. The predicted molar refractivity (Wildman–Crippen MR) is 132 cm³/mol. The maximum Gasteiger partial charge on any atom is 0.261 e. The highest BCUT2D eigenvalue weighted by atomic mass is 35.5. The van der Waals surface area contributed by atoms with Gasteiger partial charge in [0.1, 0.15) is 11.5 Å². The zero-order valence-electron chi connectivity index (χ0n) is 18.2. The summed E-state index contributed by atoms with van der Waals surface area (Å²) in [5.74, 6) is 0.627. The van der Waals surface area contributed by atoms with Crippen LogP contribution in [-0.2, 0) is 14.8 Å². The molecule has 0 saturated heterocycles. The molecule has 0 aromatic heterocycles. The summed E-state index contributed by atoms with van der Waals surface area (Å²) in [6.07, 6.45) is 0. The molecule has 0 aliphatic heterocycles. The summed E-state index contributed by atoms with van der Waals surface area (Å²) >= 11 is 7.50. The fourth-order valence-electron chi connectivity index (χ4n) is 2.87. The second-order valence-electron chi connectivity index (χ2n) is 6.88. The minimum atomic E-state index is -3.67. The molecule has 0 fully saturated rings. The molecule has 7 nitrogen and oxygen atoms in total. The Hall–Kier alpha value is -2.88. The van der Waals surface area contributed by atoms with Crippen molar-refractivity contribution in [3.63, 3.8) is 0 Å². The Morgan fingerprint density at radius 3 is 2.21 bits per heavy atom. The molecule has 0 saturated carbocycles. The SMILES string of the molecule is COc1cc(OC)c(NC(=O)C(C)Sc2ccc(NS(=O)(=O)c3ccccc3)cc2)cc1Cl. The highest BCUT2D eigenvalue weighted by Crippen LogP contribution is 2.36. The molecule has 2 N–H and O–H groups in total. The molecule has 3 aromatic carbocycles. The van der Waals surface area contributed by atoms with Crippen molar-refractivity contribution in [2.75, 3.05) is 24.3 Å². The number of carbonyl (C=O) groups is 1. The average molecular weight is 507 g/mol. The van der Waals surface area contributed by atoms with Crippen LogP contribution in [0.2, 0.25) is 5.02 Å². The van der Waals surface area contributed by atoms with Crippen LogP contribution in [0.15, 0.2) is 76.5 Å². The van der Waals surface area contributed by atoms with Crippen LogP contribution in [0.1, 0.15) is 6.92 Å². The van der Waals surface area contributed by atoms with Crippen molar-refractivity contribution in [2.45, 2.75) is 22.0 Å². The van der Waals surface area contributed by atoms with Gasteiger partial charge in [0.2, 0.25) is 5.91 Å². The number of halogens is 1. The van der Waals surface area contributed by atoms with E-state index in [1.807, 2.05) is 0 Å². The number of thioether (sulfide) groups is 1. The van der Waals surface area contributed by atoms with Gasteiger partial charge in [0.25, 0.3) is 10.0 Å². The van der Waals surface area contributed by atoms with Gasteiger partial charge in [0.15, 0.2) is 0 Å². The average Bonchev–Trinajstić information content (AvgIpc) is 2.81. The van der Waals surface area contributed by atoms with E-state index in [1.165, 1.54) is 38.1 Å². The van der Waals surface area contributed by atoms with Gasteiger partial charge in [-0.1, -0.05) is 29.8 Å². The van der Waals surface area contributed by atoms with Crippen molar-refractivity contribution < 1.29 is 22.7 Å². The van der Waals surface area contributed by atoms with Crippen LogP contribution >= 0.6 is 23.4 Å². The van der Waals surface area contributed by atoms with Gasteiger partial charge in [-0.05, 0) is 49.4 Å². The van der Waals surface area contributed by atoms with Gasteiger partial charge in [0.05, 0.1) is 35.1 Å². The first kappa shape index (κ1) is 24.8. The Morgan fingerprint density at radius 2 is 1.61 bits per heavy atom. The van der Waals surface area contributed by atoms with Crippen molar-refractivity contribution in [3.05, 3.63) is 71.8 Å². The minimum Gasteiger partial charge on any atom is -0.495 e. The van der Waals surface area contributed by atoms with Gasteiger partial charge in [0, 0.05) is 16.6 Å². The Morgan fingerprint density at radius 1 is 0.970 bits per heavy atom. The molecule has 0 aliphatic carbocycles. The van der Waals surface area contributed by atoms with Crippen molar-refractivity contribution in [3.8, 4) is 11.5 Å². The molecule has 0 bridgehead atoms. The van der Waals surface area contributed by atoms with E-state index < -0.39 is 15.3 Å². The molecule has 0 aliphatic rings. The third-order valence-corrected chi connectivity index (χ3v) is 7.38. The van der Waals surface area contributed by atoms with Crippen LogP contribution in [0.3, 0.4) is 0 Å². The molecular weight excluding hydrogens is 484 g/mol. The summed E-state index contributed by atoms with van der Waals surface area (Å²) in [6.45, 7) is 1.77. The monoisotopic (exact) mass is 506 g/mol. The molecule has 0 heterocycles. The Balaban J connectivity index is 1.64. The normalized spacial score (nSPS) is 12.0. The van der Waals surface area contributed by atoms with E-state index in [0.717, 1.165) is 4.90 Å². The van der Waals surface area contributed by atoms with E-state index in [1.54, 1.807) is 61.5 Å². The molecule has 174 valence electrons. The first-order valence-electron chi connectivity index (χ1n) is 9.80. The molecule has 0 spiro atoms. The van der Waals surface area contributed by atoms with E-state index in [4.69, 9.17) is 21.1 Å². The molecule has 3 rings (SSSR count). The molecule has 3 aromatic rings. The third-order valence-electron chi connectivity index (χ3n) is 4.57. The van der Waals surface area contributed by atoms with Gasteiger partial charge in [-0.2, -0.15) is 0 Å². The van der Waals surface area contributed by atoms with Crippen LogP contribution < -0.4 is 19.5 Å². The van der Waals surface area contributed by atoms with Gasteiger partial charge < -0.3 is 14.8 Å². The predicted octanol–water partition coefficient (Wildman–Crippen LogP) is 5.28. The van der Waals surface area contributed by atoms with Crippen molar-refractivity contribution in [1.29, 1.82) is 0 Å². The van der Waals surface area contributed by atoms with Gasteiger partial charge >= 0.3 is 0 Å². The number of hydrogen-bond donors (Lipinski definition) is 2. The standard InChI is InChI=1S/C23H23ClN2O5S2/c1-15(23(27)25-20-13-19(24)21(30-2)14-22(20)31-3)32-17-11-9-16(10-12-17)26-33(28,29)18-7-5-4-6-8-18/h4-15,26H,1-3H3,(H,25,27). The molecular formula is C23H23ClN2O5S2. The molecule has 1 amide bonds. The lowest BCUT2D eigenvalue weighted by Gasteiger charge is -2.16. The van der Waals surface area contributed by atoms with Crippen LogP contribution in [0, 0.1) is 0 Å². The molecule has 1 unspecified atom stereocenters. The fraction of sp³-hybridized carbons (Fsp3) is 0.174. The smallest absolute Gasteiger partial charge is 0.261 e. The van der Waals surface area contributed by atoms with Crippen LogP contribution in [-0.4, -0.2) is 33.8 Å². The maximum absolute atomic E-state index is 12.7. The van der Waals surface area contributed by atoms with Crippen LogP contribution in [0.5, 0.6) is 11.5 Å². The molecule has 1 atom stereocenters.